The Kier molecular flexibility index (Phi) is 5.40. The first-order valence-corrected chi connectivity index (χ1v) is 6.05. The fourth-order valence-corrected chi connectivity index (χ4v) is 2.00. The molecular formula is C11H19F3N2O2. The summed E-state index contributed by atoms with van der Waals surface area (Å²) < 4.78 is 43.4. The van der Waals surface area contributed by atoms with Crippen molar-refractivity contribution in [3.8, 4) is 0 Å². The second-order valence-corrected chi connectivity index (χ2v) is 4.49. The summed E-state index contributed by atoms with van der Waals surface area (Å²) in [4.78, 5) is 12.5. The molecule has 1 heterocycles. The maximum Gasteiger partial charge on any atom is 0.408 e. The summed E-state index contributed by atoms with van der Waals surface area (Å²) in [5.41, 5.74) is 5.62. The molecule has 2 atom stereocenters. The molecule has 0 bridgehead atoms. The van der Waals surface area contributed by atoms with E-state index in [0.717, 1.165) is 11.3 Å². The Labute approximate surface area is 104 Å². The van der Waals surface area contributed by atoms with Gasteiger partial charge in [0.25, 0.3) is 0 Å². The minimum atomic E-state index is -4.40. The number of piperidine rings is 1. The highest BCUT2D eigenvalue weighted by Crippen LogP contribution is 2.31. The van der Waals surface area contributed by atoms with Gasteiger partial charge in [0.15, 0.2) is 0 Å². The van der Waals surface area contributed by atoms with Crippen LogP contribution in [0.2, 0.25) is 0 Å². The Balaban J connectivity index is 2.64. The number of hydrogen-bond donors (Lipinski definition) is 1. The fraction of sp³-hybridized carbons (Fsp3) is 0.909. The highest BCUT2D eigenvalue weighted by molar-refractivity contribution is 5.78. The number of amides is 1. The van der Waals surface area contributed by atoms with E-state index in [1.54, 1.807) is 0 Å². The first-order valence-electron chi connectivity index (χ1n) is 6.05. The van der Waals surface area contributed by atoms with Gasteiger partial charge in [0.2, 0.25) is 5.91 Å². The highest BCUT2D eigenvalue weighted by Gasteiger charge is 2.47. The number of halogens is 3. The predicted octanol–water partition coefficient (Wildman–Crippen LogP) is 1.29. The van der Waals surface area contributed by atoms with Gasteiger partial charge in [-0.05, 0) is 19.3 Å². The largest absolute Gasteiger partial charge is 0.408 e. The van der Waals surface area contributed by atoms with E-state index in [1.165, 1.54) is 0 Å². The van der Waals surface area contributed by atoms with E-state index in [2.05, 4.69) is 0 Å². The SMILES string of the molecule is CCCOCC(=O)N1CC(N)CCC1C(F)(F)F. The van der Waals surface area contributed by atoms with E-state index in [1.807, 2.05) is 6.92 Å². The van der Waals surface area contributed by atoms with Gasteiger partial charge in [0.05, 0.1) is 0 Å². The summed E-state index contributed by atoms with van der Waals surface area (Å²) in [6.45, 7) is 1.85. The van der Waals surface area contributed by atoms with Crippen molar-refractivity contribution in [3.05, 3.63) is 0 Å². The summed E-state index contributed by atoms with van der Waals surface area (Å²) in [5.74, 6) is -0.638. The van der Waals surface area contributed by atoms with Gasteiger partial charge < -0.3 is 15.4 Å². The molecule has 4 nitrogen and oxygen atoms in total. The Morgan fingerprint density at radius 3 is 2.67 bits per heavy atom. The van der Waals surface area contributed by atoms with Crippen LogP contribution < -0.4 is 5.73 Å². The smallest absolute Gasteiger partial charge is 0.372 e. The van der Waals surface area contributed by atoms with E-state index < -0.39 is 24.2 Å². The van der Waals surface area contributed by atoms with E-state index in [0.29, 0.717) is 6.61 Å². The summed E-state index contributed by atoms with van der Waals surface area (Å²) >= 11 is 0. The molecule has 0 aromatic heterocycles. The number of alkyl halides is 3. The molecule has 1 aliphatic rings. The van der Waals surface area contributed by atoms with Crippen molar-refractivity contribution in [1.29, 1.82) is 0 Å². The quantitative estimate of drug-likeness (QED) is 0.782. The molecule has 1 amide bonds. The van der Waals surface area contributed by atoms with Crippen LogP contribution in [0.25, 0.3) is 0 Å². The van der Waals surface area contributed by atoms with E-state index in [4.69, 9.17) is 10.5 Å². The molecule has 1 aliphatic heterocycles. The van der Waals surface area contributed by atoms with E-state index in [9.17, 15) is 18.0 Å². The van der Waals surface area contributed by atoms with Crippen molar-refractivity contribution < 1.29 is 22.7 Å². The number of hydrogen-bond acceptors (Lipinski definition) is 3. The molecule has 0 aromatic rings. The van der Waals surface area contributed by atoms with Crippen molar-refractivity contribution in [3.63, 3.8) is 0 Å². The minimum absolute atomic E-state index is 0.0570. The lowest BCUT2D eigenvalue weighted by molar-refractivity contribution is -0.198. The summed E-state index contributed by atoms with van der Waals surface area (Å²) in [5, 5.41) is 0. The van der Waals surface area contributed by atoms with Gasteiger partial charge in [0, 0.05) is 19.2 Å². The third-order valence-electron chi connectivity index (χ3n) is 2.89. The molecular weight excluding hydrogens is 249 g/mol. The number of nitrogens with zero attached hydrogens (tertiary/aromatic N) is 1. The second kappa shape index (κ2) is 6.38. The Morgan fingerprint density at radius 1 is 1.44 bits per heavy atom. The molecule has 2 unspecified atom stereocenters. The molecule has 1 saturated heterocycles. The molecule has 1 fully saturated rings. The average Bonchev–Trinajstić information content (AvgIpc) is 2.27. The van der Waals surface area contributed by atoms with Gasteiger partial charge in [-0.15, -0.1) is 0 Å². The molecule has 2 N–H and O–H groups in total. The van der Waals surface area contributed by atoms with Crippen LogP contribution in [0.15, 0.2) is 0 Å². The van der Waals surface area contributed by atoms with Gasteiger partial charge in [-0.25, -0.2) is 0 Å². The van der Waals surface area contributed by atoms with Gasteiger partial charge in [-0.2, -0.15) is 13.2 Å². The van der Waals surface area contributed by atoms with Crippen LogP contribution in [0.1, 0.15) is 26.2 Å². The van der Waals surface area contributed by atoms with Crippen molar-refractivity contribution in [2.24, 2.45) is 5.73 Å². The number of nitrogens with two attached hydrogens (primary N) is 1. The van der Waals surface area contributed by atoms with Crippen molar-refractivity contribution >= 4 is 5.91 Å². The van der Waals surface area contributed by atoms with Crippen molar-refractivity contribution in [1.82, 2.24) is 4.90 Å². The van der Waals surface area contributed by atoms with Crippen LogP contribution in [0.3, 0.4) is 0 Å². The maximum absolute atomic E-state index is 12.8. The number of likely N-dealkylation sites (tertiary alicyclic amines) is 1. The fourth-order valence-electron chi connectivity index (χ4n) is 2.00. The summed E-state index contributed by atoms with van der Waals surface area (Å²) in [7, 11) is 0. The van der Waals surface area contributed by atoms with Gasteiger partial charge >= 0.3 is 6.18 Å². The summed E-state index contributed by atoms with van der Waals surface area (Å²) in [6.07, 6.45) is -3.54. The number of ether oxygens (including phenoxy) is 1. The van der Waals surface area contributed by atoms with Gasteiger partial charge in [-0.3, -0.25) is 4.79 Å². The van der Waals surface area contributed by atoms with Crippen molar-refractivity contribution in [2.45, 2.75) is 44.4 Å². The predicted molar refractivity (Wildman–Crippen MR) is 59.9 cm³/mol. The Hall–Kier alpha value is -0.820. The Morgan fingerprint density at radius 2 is 2.11 bits per heavy atom. The lowest BCUT2D eigenvalue weighted by Gasteiger charge is -2.39. The third kappa shape index (κ3) is 4.13. The highest BCUT2D eigenvalue weighted by atomic mass is 19.4. The van der Waals surface area contributed by atoms with Crippen LogP contribution in [-0.2, 0) is 9.53 Å². The van der Waals surface area contributed by atoms with Crippen LogP contribution in [0, 0.1) is 0 Å². The van der Waals surface area contributed by atoms with Crippen LogP contribution >= 0.6 is 0 Å². The van der Waals surface area contributed by atoms with Crippen LogP contribution in [0.5, 0.6) is 0 Å². The Bertz CT molecular complexity index is 284. The first-order chi connectivity index (χ1) is 8.36. The van der Waals surface area contributed by atoms with Crippen LogP contribution in [-0.4, -0.2) is 48.8 Å². The van der Waals surface area contributed by atoms with Crippen LogP contribution in [0.4, 0.5) is 13.2 Å². The zero-order valence-electron chi connectivity index (χ0n) is 10.4. The van der Waals surface area contributed by atoms with E-state index in [-0.39, 0.29) is 26.0 Å². The average molecular weight is 268 g/mol. The number of carbonyl (C=O) groups excluding carboxylic acids is 1. The molecule has 0 aliphatic carbocycles. The molecule has 0 radical (unpaired) electrons. The molecule has 0 saturated carbocycles. The standard InChI is InChI=1S/C11H19F3N2O2/c1-2-5-18-7-10(17)16-6-8(15)3-4-9(16)11(12,13)14/h8-9H,2-7,15H2,1H3. The van der Waals surface area contributed by atoms with Gasteiger partial charge in [0.1, 0.15) is 12.6 Å². The molecule has 106 valence electrons. The first kappa shape index (κ1) is 15.2. The molecule has 0 aromatic carbocycles. The zero-order chi connectivity index (χ0) is 13.8. The molecule has 1 rings (SSSR count). The minimum Gasteiger partial charge on any atom is -0.372 e. The lowest BCUT2D eigenvalue weighted by Crippen LogP contribution is -2.57. The number of rotatable bonds is 4. The van der Waals surface area contributed by atoms with Gasteiger partial charge in [-0.1, -0.05) is 6.92 Å². The normalized spacial score (nSPS) is 25.3. The summed E-state index contributed by atoms with van der Waals surface area (Å²) in [6, 6.07) is -2.12. The third-order valence-corrected chi connectivity index (χ3v) is 2.89. The molecule has 7 heteroatoms. The molecule has 18 heavy (non-hydrogen) atoms. The van der Waals surface area contributed by atoms with E-state index >= 15 is 0 Å². The van der Waals surface area contributed by atoms with Crippen molar-refractivity contribution in [2.75, 3.05) is 19.8 Å². The monoisotopic (exact) mass is 268 g/mol. The maximum atomic E-state index is 12.8. The lowest BCUT2D eigenvalue weighted by atomic mass is 9.98. The number of carbonyl (C=O) groups is 1. The second-order valence-electron chi connectivity index (χ2n) is 4.49. The zero-order valence-corrected chi connectivity index (χ0v) is 10.4. The molecule has 0 spiro atoms. The topological polar surface area (TPSA) is 55.6 Å².